The van der Waals surface area contributed by atoms with Crippen molar-refractivity contribution >= 4 is 64.1 Å². The second-order valence-electron chi connectivity index (χ2n) is 4.91. The van der Waals surface area contributed by atoms with Crippen LogP contribution in [0.25, 0.3) is 0 Å². The molecule has 1 amide bonds. The number of ether oxygens (including phenoxy) is 1. The van der Waals surface area contributed by atoms with Crippen LogP contribution >= 0.6 is 46.6 Å². The number of nitrogens with zero attached hydrogens (tertiary/aromatic N) is 1. The van der Waals surface area contributed by atoms with E-state index in [0.717, 1.165) is 17.4 Å². The number of benzene rings is 2. The number of esters is 1. The molecule has 0 heterocycles. The Morgan fingerprint density at radius 1 is 1.04 bits per heavy atom. The van der Waals surface area contributed by atoms with E-state index in [1.807, 2.05) is 18.2 Å². The van der Waals surface area contributed by atoms with Crippen molar-refractivity contribution in [2.75, 3.05) is 24.3 Å². The Hall–Kier alpha value is -1.40. The minimum absolute atomic E-state index is 0.0000124. The molecule has 8 heteroatoms. The highest BCUT2D eigenvalue weighted by Gasteiger charge is 2.15. The summed E-state index contributed by atoms with van der Waals surface area (Å²) in [4.78, 5) is 25.9. The van der Waals surface area contributed by atoms with E-state index in [1.165, 1.54) is 4.90 Å². The molecule has 0 bridgehead atoms. The van der Waals surface area contributed by atoms with Crippen molar-refractivity contribution in [3.63, 3.8) is 0 Å². The van der Waals surface area contributed by atoms with Gasteiger partial charge in [-0.15, -0.1) is 11.8 Å². The fraction of sp³-hybridized carbons (Fsp3) is 0.176. The zero-order chi connectivity index (χ0) is 18.4. The molecule has 0 saturated heterocycles. The fourth-order valence-corrected chi connectivity index (χ4v) is 3.34. The Kier molecular flexibility index (Phi) is 7.44. The van der Waals surface area contributed by atoms with Crippen molar-refractivity contribution < 1.29 is 14.3 Å². The number of carbonyl (C=O) groups excluding carboxylic acids is 2. The zero-order valence-electron chi connectivity index (χ0n) is 13.2. The van der Waals surface area contributed by atoms with Crippen molar-refractivity contribution in [3.8, 4) is 0 Å². The Balaban J connectivity index is 1.83. The quantitative estimate of drug-likeness (QED) is 0.378. The highest BCUT2D eigenvalue weighted by molar-refractivity contribution is 8.00. The summed E-state index contributed by atoms with van der Waals surface area (Å²) in [5.41, 5.74) is 0.723. The van der Waals surface area contributed by atoms with Crippen LogP contribution in [-0.2, 0) is 14.3 Å². The third-order valence-electron chi connectivity index (χ3n) is 3.22. The second kappa shape index (κ2) is 9.34. The van der Waals surface area contributed by atoms with Gasteiger partial charge >= 0.3 is 5.97 Å². The third kappa shape index (κ3) is 5.54. The van der Waals surface area contributed by atoms with Crippen LogP contribution in [0.5, 0.6) is 0 Å². The molecule has 2 aromatic rings. The first kappa shape index (κ1) is 19.9. The molecule has 0 aliphatic carbocycles. The van der Waals surface area contributed by atoms with Crippen molar-refractivity contribution in [2.45, 2.75) is 4.90 Å². The SMILES string of the molecule is CN(C(=O)COC(=O)CSc1ccc(Cl)c(Cl)c1Cl)c1ccccc1. The number of halogens is 3. The summed E-state index contributed by atoms with van der Waals surface area (Å²) < 4.78 is 5.01. The Bertz CT molecular complexity index is 771. The molecular weight excluding hydrogens is 405 g/mol. The van der Waals surface area contributed by atoms with Gasteiger partial charge in [0.25, 0.3) is 5.91 Å². The van der Waals surface area contributed by atoms with Crippen LogP contribution in [0.4, 0.5) is 5.69 Å². The van der Waals surface area contributed by atoms with Gasteiger partial charge in [-0.3, -0.25) is 9.59 Å². The molecule has 0 aliphatic heterocycles. The third-order valence-corrected chi connectivity index (χ3v) is 5.66. The minimum Gasteiger partial charge on any atom is -0.455 e. The van der Waals surface area contributed by atoms with Crippen LogP contribution in [0.3, 0.4) is 0 Å². The van der Waals surface area contributed by atoms with Crippen molar-refractivity contribution in [2.24, 2.45) is 0 Å². The Morgan fingerprint density at radius 2 is 1.72 bits per heavy atom. The van der Waals surface area contributed by atoms with Gasteiger partial charge in [-0.1, -0.05) is 53.0 Å². The smallest absolute Gasteiger partial charge is 0.316 e. The van der Waals surface area contributed by atoms with E-state index in [4.69, 9.17) is 39.5 Å². The van der Waals surface area contributed by atoms with Gasteiger partial charge in [-0.2, -0.15) is 0 Å². The number of anilines is 1. The molecule has 0 aromatic heterocycles. The summed E-state index contributed by atoms with van der Waals surface area (Å²) in [6.07, 6.45) is 0. The molecule has 132 valence electrons. The highest BCUT2D eigenvalue weighted by Crippen LogP contribution is 2.37. The molecule has 2 rings (SSSR count). The number of para-hydroxylation sites is 1. The predicted molar refractivity (Wildman–Crippen MR) is 103 cm³/mol. The summed E-state index contributed by atoms with van der Waals surface area (Å²) in [7, 11) is 1.62. The monoisotopic (exact) mass is 417 g/mol. The van der Waals surface area contributed by atoms with Gasteiger partial charge in [0.05, 0.1) is 20.8 Å². The molecule has 0 radical (unpaired) electrons. The van der Waals surface area contributed by atoms with Gasteiger partial charge in [-0.05, 0) is 24.3 Å². The number of amides is 1. The van der Waals surface area contributed by atoms with Gasteiger partial charge in [0.1, 0.15) is 0 Å². The molecule has 25 heavy (non-hydrogen) atoms. The van der Waals surface area contributed by atoms with Crippen LogP contribution in [0.15, 0.2) is 47.4 Å². The summed E-state index contributed by atoms with van der Waals surface area (Å²) in [6.45, 7) is -0.333. The molecule has 2 aromatic carbocycles. The molecule has 0 N–H and O–H groups in total. The predicted octanol–water partition coefficient (Wildman–Crippen LogP) is 4.95. The highest BCUT2D eigenvalue weighted by atomic mass is 35.5. The topological polar surface area (TPSA) is 46.6 Å². The summed E-state index contributed by atoms with van der Waals surface area (Å²) in [5, 5.41) is 0.862. The maximum Gasteiger partial charge on any atom is 0.316 e. The number of rotatable bonds is 6. The number of carbonyl (C=O) groups is 2. The standard InChI is InChI=1S/C17H14Cl3NO3S/c1-21(11-5-3-2-4-6-11)14(22)9-24-15(23)10-25-13-8-7-12(18)16(19)17(13)20/h2-8H,9-10H2,1H3. The maximum atomic E-state index is 12.0. The summed E-state index contributed by atoms with van der Waals surface area (Å²) >= 11 is 19.0. The summed E-state index contributed by atoms with van der Waals surface area (Å²) in [6, 6.07) is 12.4. The molecule has 0 atom stereocenters. The largest absolute Gasteiger partial charge is 0.455 e. The van der Waals surface area contributed by atoms with Crippen molar-refractivity contribution in [1.82, 2.24) is 0 Å². The average molecular weight is 419 g/mol. The average Bonchev–Trinajstić information content (AvgIpc) is 2.63. The molecule has 4 nitrogen and oxygen atoms in total. The van der Waals surface area contributed by atoms with E-state index in [9.17, 15) is 9.59 Å². The van der Waals surface area contributed by atoms with E-state index >= 15 is 0 Å². The van der Waals surface area contributed by atoms with Gasteiger partial charge in [-0.25, -0.2) is 0 Å². The molecular formula is C17H14Cl3NO3S. The molecule has 0 saturated carbocycles. The van der Waals surface area contributed by atoms with E-state index < -0.39 is 5.97 Å². The number of likely N-dealkylation sites (N-methyl/N-ethyl adjacent to an activating group) is 1. The Morgan fingerprint density at radius 3 is 2.40 bits per heavy atom. The normalized spacial score (nSPS) is 10.4. The fourth-order valence-electron chi connectivity index (χ4n) is 1.83. The maximum absolute atomic E-state index is 12.0. The first-order valence-electron chi connectivity index (χ1n) is 7.13. The first-order chi connectivity index (χ1) is 11.9. The van der Waals surface area contributed by atoms with Gasteiger partial charge < -0.3 is 9.64 Å². The lowest BCUT2D eigenvalue weighted by atomic mass is 10.3. The lowest BCUT2D eigenvalue weighted by Crippen LogP contribution is -2.31. The first-order valence-corrected chi connectivity index (χ1v) is 9.25. The van der Waals surface area contributed by atoms with E-state index in [0.29, 0.717) is 9.92 Å². The van der Waals surface area contributed by atoms with Crippen molar-refractivity contribution in [3.05, 3.63) is 57.5 Å². The van der Waals surface area contributed by atoms with Crippen LogP contribution < -0.4 is 4.90 Å². The van der Waals surface area contributed by atoms with Crippen LogP contribution in [0.1, 0.15) is 0 Å². The molecule has 0 spiro atoms. The number of thioether (sulfide) groups is 1. The minimum atomic E-state index is -0.526. The van der Waals surface area contributed by atoms with Crippen molar-refractivity contribution in [1.29, 1.82) is 0 Å². The lowest BCUT2D eigenvalue weighted by Gasteiger charge is -2.17. The summed E-state index contributed by atoms with van der Waals surface area (Å²) in [5.74, 6) is -0.848. The second-order valence-corrected chi connectivity index (χ2v) is 7.09. The van der Waals surface area contributed by atoms with Gasteiger partial charge in [0.2, 0.25) is 0 Å². The van der Waals surface area contributed by atoms with Crippen LogP contribution in [-0.4, -0.2) is 31.3 Å². The number of hydrogen-bond acceptors (Lipinski definition) is 4. The van der Waals surface area contributed by atoms with Gasteiger partial charge in [0.15, 0.2) is 6.61 Å². The molecule has 0 aliphatic rings. The van der Waals surface area contributed by atoms with E-state index in [2.05, 4.69) is 0 Å². The van der Waals surface area contributed by atoms with Gasteiger partial charge in [0, 0.05) is 17.6 Å². The Labute approximate surface area is 165 Å². The molecule has 0 fully saturated rings. The van der Waals surface area contributed by atoms with Crippen LogP contribution in [0.2, 0.25) is 15.1 Å². The van der Waals surface area contributed by atoms with E-state index in [-0.39, 0.29) is 28.3 Å². The van der Waals surface area contributed by atoms with E-state index in [1.54, 1.807) is 31.3 Å². The van der Waals surface area contributed by atoms with Crippen LogP contribution in [0, 0.1) is 0 Å². The molecule has 0 unspecified atom stereocenters. The number of hydrogen-bond donors (Lipinski definition) is 0. The zero-order valence-corrected chi connectivity index (χ0v) is 16.3. The lowest BCUT2D eigenvalue weighted by molar-refractivity contribution is -0.145.